The number of carbonyl (C=O) groups is 1. The van der Waals surface area contributed by atoms with Gasteiger partial charge in [-0.05, 0) is 11.6 Å². The highest BCUT2D eigenvalue weighted by Crippen LogP contribution is 2.15. The fourth-order valence-electron chi connectivity index (χ4n) is 1.25. The summed E-state index contributed by atoms with van der Waals surface area (Å²) >= 11 is 5.63. The van der Waals surface area contributed by atoms with Crippen molar-refractivity contribution in [2.45, 2.75) is 6.04 Å². The number of rotatable bonds is 1. The second kappa shape index (κ2) is 3.22. The van der Waals surface area contributed by atoms with Gasteiger partial charge >= 0.3 is 6.03 Å². The molecule has 13 heavy (non-hydrogen) atoms. The standard InChI is InChI=1S/C8H8ClN3O/c9-7-2-1-5(3-10-7)6-4-11-8(13)12-6/h1-3,6H,4H2,(H2,11,12,13)/t6-/m0/s1. The molecule has 1 atom stereocenters. The van der Waals surface area contributed by atoms with Gasteiger partial charge in [-0.2, -0.15) is 0 Å². The van der Waals surface area contributed by atoms with Gasteiger partial charge in [-0.15, -0.1) is 0 Å². The Morgan fingerprint density at radius 1 is 1.54 bits per heavy atom. The summed E-state index contributed by atoms with van der Waals surface area (Å²) in [5.41, 5.74) is 0.961. The Labute approximate surface area is 80.3 Å². The van der Waals surface area contributed by atoms with Crippen LogP contribution in [-0.2, 0) is 0 Å². The first kappa shape index (κ1) is 8.31. The van der Waals surface area contributed by atoms with E-state index in [-0.39, 0.29) is 12.1 Å². The normalized spacial score (nSPS) is 21.0. The molecule has 4 nitrogen and oxygen atoms in total. The molecule has 0 unspecified atom stereocenters. The number of amides is 2. The van der Waals surface area contributed by atoms with Crippen molar-refractivity contribution in [1.82, 2.24) is 15.6 Å². The second-order valence-electron chi connectivity index (χ2n) is 2.82. The van der Waals surface area contributed by atoms with Crippen LogP contribution in [0.4, 0.5) is 4.79 Å². The number of nitrogens with one attached hydrogen (secondary N) is 2. The van der Waals surface area contributed by atoms with Gasteiger partial charge in [0.2, 0.25) is 0 Å². The van der Waals surface area contributed by atoms with Gasteiger partial charge in [-0.3, -0.25) is 0 Å². The van der Waals surface area contributed by atoms with Gasteiger partial charge in [-0.1, -0.05) is 17.7 Å². The highest BCUT2D eigenvalue weighted by Gasteiger charge is 2.21. The molecular weight excluding hydrogens is 190 g/mol. The predicted octanol–water partition coefficient (Wildman–Crippen LogP) is 1.09. The Bertz CT molecular complexity index is 325. The van der Waals surface area contributed by atoms with Crippen LogP contribution in [0.15, 0.2) is 18.3 Å². The zero-order valence-corrected chi connectivity index (χ0v) is 7.51. The highest BCUT2D eigenvalue weighted by atomic mass is 35.5. The molecular formula is C8H8ClN3O. The summed E-state index contributed by atoms with van der Waals surface area (Å²) in [7, 11) is 0. The SMILES string of the molecule is O=C1NC[C@@H](c2ccc(Cl)nc2)N1. The quantitative estimate of drug-likeness (QED) is 0.663. The lowest BCUT2D eigenvalue weighted by atomic mass is 10.1. The zero-order valence-electron chi connectivity index (χ0n) is 6.75. The number of urea groups is 1. The van der Waals surface area contributed by atoms with Crippen molar-refractivity contribution in [3.63, 3.8) is 0 Å². The van der Waals surface area contributed by atoms with E-state index in [1.165, 1.54) is 0 Å². The average Bonchev–Trinajstić information content (AvgIpc) is 2.53. The van der Waals surface area contributed by atoms with E-state index in [0.29, 0.717) is 11.7 Å². The van der Waals surface area contributed by atoms with Crippen molar-refractivity contribution < 1.29 is 4.79 Å². The van der Waals surface area contributed by atoms with Gasteiger partial charge in [0.25, 0.3) is 0 Å². The summed E-state index contributed by atoms with van der Waals surface area (Å²) in [5, 5.41) is 5.89. The van der Waals surface area contributed by atoms with Crippen molar-refractivity contribution in [1.29, 1.82) is 0 Å². The Hall–Kier alpha value is -1.29. The molecule has 2 rings (SSSR count). The van der Waals surface area contributed by atoms with E-state index in [1.807, 2.05) is 6.07 Å². The Morgan fingerprint density at radius 3 is 2.92 bits per heavy atom. The van der Waals surface area contributed by atoms with E-state index in [9.17, 15) is 4.79 Å². The minimum Gasteiger partial charge on any atom is -0.336 e. The van der Waals surface area contributed by atoms with E-state index in [2.05, 4.69) is 15.6 Å². The predicted molar refractivity (Wildman–Crippen MR) is 48.5 cm³/mol. The molecule has 2 heterocycles. The van der Waals surface area contributed by atoms with Crippen LogP contribution >= 0.6 is 11.6 Å². The van der Waals surface area contributed by atoms with E-state index in [0.717, 1.165) is 5.56 Å². The molecule has 0 aromatic carbocycles. The number of hydrogen-bond acceptors (Lipinski definition) is 2. The third-order valence-corrected chi connectivity index (χ3v) is 2.15. The maximum Gasteiger partial charge on any atom is 0.315 e. The Morgan fingerprint density at radius 2 is 2.38 bits per heavy atom. The third kappa shape index (κ3) is 1.72. The molecule has 0 bridgehead atoms. The van der Waals surface area contributed by atoms with Gasteiger partial charge in [0, 0.05) is 12.7 Å². The minimum absolute atomic E-state index is 0.0114. The maximum atomic E-state index is 10.8. The lowest BCUT2D eigenvalue weighted by Crippen LogP contribution is -2.21. The summed E-state index contributed by atoms with van der Waals surface area (Å²) in [4.78, 5) is 14.8. The van der Waals surface area contributed by atoms with Crippen LogP contribution in [0.3, 0.4) is 0 Å². The van der Waals surface area contributed by atoms with Gasteiger partial charge < -0.3 is 10.6 Å². The Balaban J connectivity index is 2.17. The molecule has 1 aromatic heterocycles. The fraction of sp³-hybridized carbons (Fsp3) is 0.250. The monoisotopic (exact) mass is 197 g/mol. The molecule has 2 N–H and O–H groups in total. The molecule has 0 radical (unpaired) electrons. The topological polar surface area (TPSA) is 54.0 Å². The van der Waals surface area contributed by atoms with E-state index in [1.54, 1.807) is 12.3 Å². The van der Waals surface area contributed by atoms with Crippen molar-refractivity contribution in [2.24, 2.45) is 0 Å². The first-order chi connectivity index (χ1) is 6.25. The molecule has 1 saturated heterocycles. The van der Waals surface area contributed by atoms with Crippen LogP contribution in [0, 0.1) is 0 Å². The first-order valence-electron chi connectivity index (χ1n) is 3.91. The summed E-state index contributed by atoms with van der Waals surface area (Å²) in [6.07, 6.45) is 1.67. The van der Waals surface area contributed by atoms with Crippen molar-refractivity contribution >= 4 is 17.6 Å². The lowest BCUT2D eigenvalue weighted by Gasteiger charge is -2.07. The second-order valence-corrected chi connectivity index (χ2v) is 3.21. The van der Waals surface area contributed by atoms with Crippen molar-refractivity contribution in [2.75, 3.05) is 6.54 Å². The van der Waals surface area contributed by atoms with Crippen LogP contribution < -0.4 is 10.6 Å². The molecule has 1 aromatic rings. The molecule has 0 aliphatic carbocycles. The number of pyridine rings is 1. The first-order valence-corrected chi connectivity index (χ1v) is 4.29. The summed E-state index contributed by atoms with van der Waals surface area (Å²) in [5.74, 6) is 0. The third-order valence-electron chi connectivity index (χ3n) is 1.92. The smallest absolute Gasteiger partial charge is 0.315 e. The molecule has 1 aliphatic heterocycles. The van der Waals surface area contributed by atoms with Crippen LogP contribution in [0.1, 0.15) is 11.6 Å². The van der Waals surface area contributed by atoms with Crippen molar-refractivity contribution in [3.8, 4) is 0 Å². The lowest BCUT2D eigenvalue weighted by molar-refractivity contribution is 0.247. The van der Waals surface area contributed by atoms with Crippen LogP contribution in [-0.4, -0.2) is 17.6 Å². The van der Waals surface area contributed by atoms with Gasteiger partial charge in [0.05, 0.1) is 6.04 Å². The average molecular weight is 198 g/mol. The fourth-order valence-corrected chi connectivity index (χ4v) is 1.36. The number of hydrogen-bond donors (Lipinski definition) is 2. The molecule has 0 spiro atoms. The minimum atomic E-state index is -0.139. The summed E-state index contributed by atoms with van der Waals surface area (Å²) in [6, 6.07) is 3.44. The molecule has 0 saturated carbocycles. The zero-order chi connectivity index (χ0) is 9.26. The summed E-state index contributed by atoms with van der Waals surface area (Å²) in [6.45, 7) is 0.599. The molecule has 5 heteroatoms. The van der Waals surface area contributed by atoms with E-state index >= 15 is 0 Å². The van der Waals surface area contributed by atoms with Crippen LogP contribution in [0.25, 0.3) is 0 Å². The maximum absolute atomic E-state index is 10.8. The number of carbonyl (C=O) groups excluding carboxylic acids is 1. The number of aromatic nitrogens is 1. The van der Waals surface area contributed by atoms with Crippen LogP contribution in [0.5, 0.6) is 0 Å². The number of nitrogens with zero attached hydrogens (tertiary/aromatic N) is 1. The Kier molecular flexibility index (Phi) is 2.06. The number of halogens is 1. The van der Waals surface area contributed by atoms with E-state index < -0.39 is 0 Å². The highest BCUT2D eigenvalue weighted by molar-refractivity contribution is 6.29. The molecule has 2 amide bonds. The molecule has 1 aliphatic rings. The van der Waals surface area contributed by atoms with Crippen molar-refractivity contribution in [3.05, 3.63) is 29.0 Å². The van der Waals surface area contributed by atoms with E-state index in [4.69, 9.17) is 11.6 Å². The summed E-state index contributed by atoms with van der Waals surface area (Å²) < 4.78 is 0. The molecule has 68 valence electrons. The van der Waals surface area contributed by atoms with Gasteiger partial charge in [0.1, 0.15) is 5.15 Å². The van der Waals surface area contributed by atoms with Crippen LogP contribution in [0.2, 0.25) is 5.15 Å². The molecule has 1 fully saturated rings. The van der Waals surface area contributed by atoms with Gasteiger partial charge in [-0.25, -0.2) is 9.78 Å². The largest absolute Gasteiger partial charge is 0.336 e. The van der Waals surface area contributed by atoms with Gasteiger partial charge in [0.15, 0.2) is 0 Å².